The molecule has 0 bridgehead atoms. The van der Waals surface area contributed by atoms with Crippen LogP contribution in [-0.2, 0) is 42.6 Å². The van der Waals surface area contributed by atoms with Crippen LogP contribution in [0, 0.1) is 5.92 Å². The van der Waals surface area contributed by atoms with Crippen LogP contribution in [0.4, 0.5) is 11.4 Å². The molecule has 1 unspecified atom stereocenters. The zero-order chi connectivity index (χ0) is 33.7. The fourth-order valence-electron chi connectivity index (χ4n) is 6.00. The molecule has 11 heteroatoms. The molecular formula is C36H39N3O8. The van der Waals surface area contributed by atoms with Crippen LogP contribution in [0.3, 0.4) is 0 Å². The third kappa shape index (κ3) is 6.91. The van der Waals surface area contributed by atoms with E-state index in [1.54, 1.807) is 66.4 Å². The van der Waals surface area contributed by atoms with Crippen molar-refractivity contribution in [3.63, 3.8) is 0 Å². The van der Waals surface area contributed by atoms with Crippen molar-refractivity contribution in [2.24, 2.45) is 5.92 Å². The number of esters is 1. The summed E-state index contributed by atoms with van der Waals surface area (Å²) < 4.78 is 10.6. The molecule has 2 aliphatic heterocycles. The summed E-state index contributed by atoms with van der Waals surface area (Å²) in [5.41, 5.74) is 1.26. The molecule has 3 atom stereocenters. The SMILES string of the molecule is COc1ccc2c(c1)[C@@](O)([C@H](C)/C=C/CC(=O)N(CCO)Cc1ccccc1)C(=O)N2Cc1ccc(N2C(=O)CC2OC(C)=O)cc1. The van der Waals surface area contributed by atoms with E-state index in [4.69, 9.17) is 9.47 Å². The minimum absolute atomic E-state index is 0.0281. The lowest BCUT2D eigenvalue weighted by Gasteiger charge is -2.39. The first-order valence-corrected chi connectivity index (χ1v) is 15.5. The number of anilines is 2. The lowest BCUT2D eigenvalue weighted by Crippen LogP contribution is -2.54. The minimum atomic E-state index is -1.93. The molecule has 3 aromatic rings. The maximum Gasteiger partial charge on any atom is 0.304 e. The number of nitrogens with zero attached hydrogens (tertiary/aromatic N) is 3. The van der Waals surface area contributed by atoms with Crippen molar-refractivity contribution in [2.75, 3.05) is 30.1 Å². The summed E-state index contributed by atoms with van der Waals surface area (Å²) in [6.07, 6.45) is 2.82. The highest BCUT2D eigenvalue weighted by Gasteiger charge is 2.52. The van der Waals surface area contributed by atoms with Crippen molar-refractivity contribution >= 4 is 35.1 Å². The first-order chi connectivity index (χ1) is 22.6. The van der Waals surface area contributed by atoms with Crippen molar-refractivity contribution in [3.05, 3.63) is 102 Å². The Labute approximate surface area is 273 Å². The topological polar surface area (TPSA) is 137 Å². The second-order valence-electron chi connectivity index (χ2n) is 11.7. The molecule has 2 heterocycles. The predicted molar refractivity (Wildman–Crippen MR) is 174 cm³/mol. The van der Waals surface area contributed by atoms with Gasteiger partial charge in [0.25, 0.3) is 5.91 Å². The van der Waals surface area contributed by atoms with Crippen LogP contribution in [0.15, 0.2) is 84.9 Å². The van der Waals surface area contributed by atoms with Crippen LogP contribution < -0.4 is 14.5 Å². The maximum atomic E-state index is 14.0. The minimum Gasteiger partial charge on any atom is -0.497 e. The quantitative estimate of drug-likeness (QED) is 0.164. The summed E-state index contributed by atoms with van der Waals surface area (Å²) in [7, 11) is 1.51. The third-order valence-corrected chi connectivity index (χ3v) is 8.55. The van der Waals surface area contributed by atoms with Crippen molar-refractivity contribution in [2.45, 2.75) is 51.6 Å². The lowest BCUT2D eigenvalue weighted by atomic mass is 9.83. The second-order valence-corrected chi connectivity index (χ2v) is 11.7. The molecule has 2 aliphatic rings. The number of methoxy groups -OCH3 is 1. The molecule has 0 spiro atoms. The van der Waals surface area contributed by atoms with Crippen molar-refractivity contribution in [1.82, 2.24) is 4.90 Å². The second kappa shape index (κ2) is 14.2. The van der Waals surface area contributed by atoms with Crippen LogP contribution in [0.25, 0.3) is 0 Å². The van der Waals surface area contributed by atoms with Gasteiger partial charge in [0.1, 0.15) is 5.75 Å². The van der Waals surface area contributed by atoms with Gasteiger partial charge in [-0.15, -0.1) is 0 Å². The number of rotatable bonds is 13. The monoisotopic (exact) mass is 641 g/mol. The van der Waals surface area contributed by atoms with Gasteiger partial charge in [0.15, 0.2) is 11.8 Å². The van der Waals surface area contributed by atoms with Gasteiger partial charge in [-0.25, -0.2) is 0 Å². The number of ether oxygens (including phenoxy) is 2. The van der Waals surface area contributed by atoms with Gasteiger partial charge < -0.3 is 29.5 Å². The summed E-state index contributed by atoms with van der Waals surface area (Å²) in [6, 6.07) is 21.6. The van der Waals surface area contributed by atoms with Crippen LogP contribution in [0.1, 0.15) is 43.4 Å². The van der Waals surface area contributed by atoms with Crippen molar-refractivity contribution in [1.29, 1.82) is 0 Å². The molecule has 0 aliphatic carbocycles. The molecule has 5 rings (SSSR count). The summed E-state index contributed by atoms with van der Waals surface area (Å²) in [6.45, 7) is 3.53. The average Bonchev–Trinajstić information content (AvgIpc) is 3.27. The maximum absolute atomic E-state index is 14.0. The van der Waals surface area contributed by atoms with Crippen LogP contribution in [0.5, 0.6) is 5.75 Å². The number of amides is 3. The predicted octanol–water partition coefficient (Wildman–Crippen LogP) is 3.66. The Morgan fingerprint density at radius 3 is 2.43 bits per heavy atom. The van der Waals surface area contributed by atoms with Crippen molar-refractivity contribution < 1.29 is 38.9 Å². The Bertz CT molecular complexity index is 1660. The van der Waals surface area contributed by atoms with Gasteiger partial charge >= 0.3 is 5.97 Å². The number of hydrogen-bond donors (Lipinski definition) is 2. The number of aliphatic hydroxyl groups excluding tert-OH is 1. The Kier molecular flexibility index (Phi) is 10.1. The summed E-state index contributed by atoms with van der Waals surface area (Å²) in [5.74, 6) is -1.57. The summed E-state index contributed by atoms with van der Waals surface area (Å²) in [5, 5.41) is 21.6. The van der Waals surface area contributed by atoms with Gasteiger partial charge in [0.05, 0.1) is 32.4 Å². The standard InChI is InChI=1S/C36H39N3O8/c1-24(8-7-11-32(42)37(18-19-40)22-26-9-5-4-6-10-26)36(45)30-20-29(46-3)16-17-31(30)38(35(36)44)23-27-12-14-28(15-13-27)39-33(43)21-34(39)47-25(2)41/h4-10,12-17,20,24,34,40,45H,11,18-19,21-23H2,1-3H3/b8-7+/t24-,34?,36+/m1/s1. The number of carbonyl (C=O) groups is 4. The first kappa shape index (κ1) is 33.4. The fourth-order valence-corrected chi connectivity index (χ4v) is 6.00. The van der Waals surface area contributed by atoms with Crippen molar-refractivity contribution in [3.8, 4) is 5.75 Å². The van der Waals surface area contributed by atoms with Gasteiger partial charge in [0, 0.05) is 43.6 Å². The molecule has 1 fully saturated rings. The van der Waals surface area contributed by atoms with E-state index in [0.717, 1.165) is 11.1 Å². The van der Waals surface area contributed by atoms with E-state index in [0.29, 0.717) is 29.2 Å². The zero-order valence-electron chi connectivity index (χ0n) is 26.7. The average molecular weight is 642 g/mol. The molecule has 3 amide bonds. The fraction of sp³-hybridized carbons (Fsp3) is 0.333. The summed E-state index contributed by atoms with van der Waals surface area (Å²) >= 11 is 0. The first-order valence-electron chi connectivity index (χ1n) is 15.5. The number of benzene rings is 3. The molecule has 11 nitrogen and oxygen atoms in total. The zero-order valence-corrected chi connectivity index (χ0v) is 26.7. The summed E-state index contributed by atoms with van der Waals surface area (Å²) in [4.78, 5) is 55.2. The number of β-lactam (4-membered cyclic amide) rings is 1. The molecule has 0 saturated carbocycles. The molecule has 47 heavy (non-hydrogen) atoms. The van der Waals surface area contributed by atoms with E-state index in [-0.39, 0.29) is 44.4 Å². The molecule has 0 radical (unpaired) electrons. The van der Waals surface area contributed by atoms with Gasteiger partial charge in [-0.1, -0.05) is 61.5 Å². The molecule has 246 valence electrons. The number of hydrogen-bond acceptors (Lipinski definition) is 8. The van der Waals surface area contributed by atoms with E-state index < -0.39 is 29.6 Å². The Hall–Kier alpha value is -5.00. The Morgan fingerprint density at radius 2 is 1.79 bits per heavy atom. The van der Waals surface area contributed by atoms with E-state index in [2.05, 4.69) is 0 Å². The smallest absolute Gasteiger partial charge is 0.304 e. The number of aliphatic hydroxyl groups is 2. The third-order valence-electron chi connectivity index (χ3n) is 8.55. The van der Waals surface area contributed by atoms with Crippen LogP contribution >= 0.6 is 0 Å². The highest BCUT2D eigenvalue weighted by atomic mass is 16.6. The molecule has 0 aromatic heterocycles. The highest BCUT2D eigenvalue weighted by molar-refractivity contribution is 6.07. The van der Waals surface area contributed by atoms with Gasteiger partial charge in [-0.3, -0.25) is 24.1 Å². The van der Waals surface area contributed by atoms with Gasteiger partial charge in [-0.05, 0) is 41.5 Å². The van der Waals surface area contributed by atoms with Gasteiger partial charge in [0.2, 0.25) is 11.8 Å². The largest absolute Gasteiger partial charge is 0.497 e. The molecule has 2 N–H and O–H groups in total. The number of fused-ring (bicyclic) bond motifs is 1. The van der Waals surface area contributed by atoms with Gasteiger partial charge in [-0.2, -0.15) is 0 Å². The number of carbonyl (C=O) groups excluding carboxylic acids is 4. The van der Waals surface area contributed by atoms with E-state index in [1.807, 2.05) is 30.3 Å². The Morgan fingerprint density at radius 1 is 1.06 bits per heavy atom. The highest BCUT2D eigenvalue weighted by Crippen LogP contribution is 2.47. The molecular weight excluding hydrogens is 602 g/mol. The van der Waals surface area contributed by atoms with E-state index in [9.17, 15) is 29.4 Å². The van der Waals surface area contributed by atoms with Crippen LogP contribution in [-0.4, -0.2) is 65.3 Å². The Balaban J connectivity index is 1.32. The van der Waals surface area contributed by atoms with Crippen LogP contribution in [0.2, 0.25) is 0 Å². The lowest BCUT2D eigenvalue weighted by molar-refractivity contribution is -0.154. The molecule has 1 saturated heterocycles. The molecule has 3 aromatic carbocycles. The van der Waals surface area contributed by atoms with E-state index in [1.165, 1.54) is 23.8 Å². The van der Waals surface area contributed by atoms with E-state index >= 15 is 0 Å². The normalized spacial score (nSPS) is 19.4.